The summed E-state index contributed by atoms with van der Waals surface area (Å²) in [6.45, 7) is 2.24. The van der Waals surface area contributed by atoms with Crippen molar-refractivity contribution in [2.75, 3.05) is 14.1 Å². The molecule has 2 aromatic carbocycles. The Kier molecular flexibility index (Phi) is 3.24. The van der Waals surface area contributed by atoms with Gasteiger partial charge in [0.15, 0.2) is 5.78 Å². The molecule has 4 rings (SSSR count). The Morgan fingerprint density at radius 2 is 1.57 bits per heavy atom. The van der Waals surface area contributed by atoms with Crippen LogP contribution >= 0.6 is 0 Å². The minimum atomic E-state index is -0.0898. The zero-order valence-corrected chi connectivity index (χ0v) is 13.8. The van der Waals surface area contributed by atoms with Crippen LogP contribution < -0.4 is 0 Å². The topological polar surface area (TPSA) is 20.3 Å². The van der Waals surface area contributed by atoms with E-state index in [9.17, 15) is 4.79 Å². The largest absolute Gasteiger partial charge is 0.306 e. The number of nitrogens with zero attached hydrogens (tertiary/aromatic N) is 1. The fourth-order valence-electron chi connectivity index (χ4n) is 3.88. The van der Waals surface area contributed by atoms with E-state index in [0.717, 1.165) is 17.5 Å². The van der Waals surface area contributed by atoms with Crippen LogP contribution in [0, 0.1) is 0 Å². The van der Waals surface area contributed by atoms with E-state index >= 15 is 0 Å². The monoisotopic (exact) mass is 303 g/mol. The second-order valence-electron chi connectivity index (χ2n) is 6.84. The van der Waals surface area contributed by atoms with Crippen LogP contribution in [0.4, 0.5) is 0 Å². The van der Waals surface area contributed by atoms with Crippen molar-refractivity contribution in [3.8, 4) is 0 Å². The van der Waals surface area contributed by atoms with Crippen molar-refractivity contribution >= 4 is 16.9 Å². The molecule has 0 heterocycles. The summed E-state index contributed by atoms with van der Waals surface area (Å²) < 4.78 is 0. The third kappa shape index (κ3) is 2.02. The van der Waals surface area contributed by atoms with Crippen molar-refractivity contribution in [3.05, 3.63) is 70.8 Å². The third-order valence-electron chi connectivity index (χ3n) is 5.34. The van der Waals surface area contributed by atoms with Crippen molar-refractivity contribution < 1.29 is 4.79 Å². The zero-order valence-electron chi connectivity index (χ0n) is 13.8. The van der Waals surface area contributed by atoms with E-state index in [4.69, 9.17) is 0 Å². The molecular weight excluding hydrogens is 282 g/mol. The summed E-state index contributed by atoms with van der Waals surface area (Å²) in [7, 11) is 4.23. The first-order chi connectivity index (χ1) is 11.1. The van der Waals surface area contributed by atoms with E-state index in [-0.39, 0.29) is 11.7 Å². The van der Waals surface area contributed by atoms with Gasteiger partial charge in [0.1, 0.15) is 0 Å². The molecule has 0 aliphatic heterocycles. The maximum Gasteiger partial charge on any atom is 0.175 e. The van der Waals surface area contributed by atoms with Crippen LogP contribution in [0.2, 0.25) is 0 Å². The second kappa shape index (κ2) is 5.17. The molecule has 2 aromatic rings. The van der Waals surface area contributed by atoms with Crippen molar-refractivity contribution in [1.82, 2.24) is 4.90 Å². The Bertz CT molecular complexity index is 831. The Balaban J connectivity index is 1.94. The van der Waals surface area contributed by atoms with Crippen LogP contribution in [0.25, 0.3) is 11.1 Å². The lowest BCUT2D eigenvalue weighted by atomic mass is 9.95. The van der Waals surface area contributed by atoms with Gasteiger partial charge in [0.05, 0.1) is 5.92 Å². The highest BCUT2D eigenvalue weighted by atomic mass is 16.1. The standard InChI is InChI=1S/C21H21NO/c1-13(22(2)3)12-18-14-8-4-5-9-15(14)20-19(18)16-10-6-7-11-17(16)21(20)23/h4-11,13,20H,12H2,1-3H3. The molecule has 23 heavy (non-hydrogen) atoms. The van der Waals surface area contributed by atoms with Gasteiger partial charge in [0, 0.05) is 11.6 Å². The minimum absolute atomic E-state index is 0.0898. The lowest BCUT2D eigenvalue weighted by molar-refractivity contribution is 0.0987. The molecule has 2 heteroatoms. The third-order valence-corrected chi connectivity index (χ3v) is 5.34. The van der Waals surface area contributed by atoms with Gasteiger partial charge < -0.3 is 4.90 Å². The molecule has 2 unspecified atom stereocenters. The lowest BCUT2D eigenvalue weighted by Gasteiger charge is -2.21. The summed E-state index contributed by atoms with van der Waals surface area (Å²) in [5.41, 5.74) is 7.08. The Morgan fingerprint density at radius 1 is 0.957 bits per heavy atom. The summed E-state index contributed by atoms with van der Waals surface area (Å²) in [5.74, 6) is 0.170. The van der Waals surface area contributed by atoms with Crippen molar-refractivity contribution in [1.29, 1.82) is 0 Å². The van der Waals surface area contributed by atoms with E-state index in [1.54, 1.807) is 0 Å². The molecule has 2 atom stereocenters. The van der Waals surface area contributed by atoms with Crippen molar-refractivity contribution in [2.24, 2.45) is 0 Å². The van der Waals surface area contributed by atoms with Gasteiger partial charge in [-0.05, 0) is 55.3 Å². The molecule has 0 amide bonds. The van der Waals surface area contributed by atoms with E-state index in [1.165, 1.54) is 22.3 Å². The molecular formula is C21H21NO. The fourth-order valence-corrected chi connectivity index (χ4v) is 3.88. The maximum absolute atomic E-state index is 13.0. The van der Waals surface area contributed by atoms with Gasteiger partial charge in [-0.25, -0.2) is 0 Å². The molecule has 0 N–H and O–H groups in total. The smallest absolute Gasteiger partial charge is 0.175 e. The number of benzene rings is 2. The summed E-state index contributed by atoms with van der Waals surface area (Å²) in [4.78, 5) is 15.2. The Morgan fingerprint density at radius 3 is 2.26 bits per heavy atom. The second-order valence-corrected chi connectivity index (χ2v) is 6.84. The minimum Gasteiger partial charge on any atom is -0.306 e. The van der Waals surface area contributed by atoms with Gasteiger partial charge in [0.2, 0.25) is 0 Å². The zero-order chi connectivity index (χ0) is 16.1. The van der Waals surface area contributed by atoms with Crippen LogP contribution in [0.5, 0.6) is 0 Å². The number of fused-ring (bicyclic) bond motifs is 5. The van der Waals surface area contributed by atoms with E-state index in [1.807, 2.05) is 24.3 Å². The number of rotatable bonds is 3. The Hall–Kier alpha value is -2.19. The van der Waals surface area contributed by atoms with Crippen LogP contribution in [-0.4, -0.2) is 30.8 Å². The number of carbonyl (C=O) groups excluding carboxylic acids is 1. The summed E-state index contributed by atoms with van der Waals surface area (Å²) in [6, 6.07) is 16.9. The lowest BCUT2D eigenvalue weighted by Crippen LogP contribution is -2.24. The molecule has 116 valence electrons. The number of ketones is 1. The van der Waals surface area contributed by atoms with E-state index in [2.05, 4.69) is 50.2 Å². The molecule has 0 saturated heterocycles. The predicted molar refractivity (Wildman–Crippen MR) is 94.5 cm³/mol. The fraction of sp³-hybridized carbons (Fsp3) is 0.286. The summed E-state index contributed by atoms with van der Waals surface area (Å²) in [6.07, 6.45) is 0.970. The number of allylic oxidation sites excluding steroid dienone is 1. The first-order valence-corrected chi connectivity index (χ1v) is 8.22. The van der Waals surface area contributed by atoms with Gasteiger partial charge in [-0.1, -0.05) is 48.5 Å². The first kappa shape index (κ1) is 14.4. The number of Topliss-reactive ketones (excluding diaryl/α,β-unsaturated/α-hetero) is 1. The van der Waals surface area contributed by atoms with E-state index in [0.29, 0.717) is 6.04 Å². The van der Waals surface area contributed by atoms with Gasteiger partial charge in [-0.2, -0.15) is 0 Å². The molecule has 0 radical (unpaired) electrons. The molecule has 0 bridgehead atoms. The molecule has 2 aliphatic carbocycles. The van der Waals surface area contributed by atoms with Crippen LogP contribution in [0.15, 0.2) is 48.5 Å². The normalized spacial score (nSPS) is 19.8. The highest BCUT2D eigenvalue weighted by molar-refractivity contribution is 6.24. The highest BCUT2D eigenvalue weighted by Gasteiger charge is 2.43. The Labute approximate surface area is 137 Å². The average Bonchev–Trinajstić information content (AvgIpc) is 3.03. The van der Waals surface area contributed by atoms with Crippen molar-refractivity contribution in [3.63, 3.8) is 0 Å². The molecule has 2 nitrogen and oxygen atoms in total. The number of hydrogen-bond acceptors (Lipinski definition) is 2. The first-order valence-electron chi connectivity index (χ1n) is 8.22. The molecule has 0 aromatic heterocycles. The van der Waals surface area contributed by atoms with Crippen LogP contribution in [-0.2, 0) is 0 Å². The molecule has 0 saturated carbocycles. The SMILES string of the molecule is CC(CC1=C2c3ccccc3C(=O)C2c2ccccc21)N(C)C. The molecule has 2 aliphatic rings. The summed E-state index contributed by atoms with van der Waals surface area (Å²) >= 11 is 0. The number of carbonyl (C=O) groups is 1. The summed E-state index contributed by atoms with van der Waals surface area (Å²) in [5, 5.41) is 0. The van der Waals surface area contributed by atoms with Gasteiger partial charge in [-0.3, -0.25) is 4.79 Å². The predicted octanol–water partition coefficient (Wildman–Crippen LogP) is 4.23. The quantitative estimate of drug-likeness (QED) is 0.845. The van der Waals surface area contributed by atoms with Gasteiger partial charge in [-0.15, -0.1) is 0 Å². The number of hydrogen-bond donors (Lipinski definition) is 0. The molecule has 0 spiro atoms. The van der Waals surface area contributed by atoms with Crippen molar-refractivity contribution in [2.45, 2.75) is 25.3 Å². The van der Waals surface area contributed by atoms with Gasteiger partial charge >= 0.3 is 0 Å². The van der Waals surface area contributed by atoms with Gasteiger partial charge in [0.25, 0.3) is 0 Å². The maximum atomic E-state index is 13.0. The molecule has 0 fully saturated rings. The van der Waals surface area contributed by atoms with Crippen LogP contribution in [0.1, 0.15) is 46.3 Å². The van der Waals surface area contributed by atoms with Crippen LogP contribution in [0.3, 0.4) is 0 Å². The highest BCUT2D eigenvalue weighted by Crippen LogP contribution is 2.54. The average molecular weight is 303 g/mol. The van der Waals surface area contributed by atoms with E-state index < -0.39 is 0 Å².